The van der Waals surface area contributed by atoms with Crippen LogP contribution in [0.5, 0.6) is 0 Å². The molecule has 0 unspecified atom stereocenters. The van der Waals surface area contributed by atoms with Crippen molar-refractivity contribution in [2.45, 2.75) is 47.0 Å². The van der Waals surface area contributed by atoms with Gasteiger partial charge in [-0.25, -0.2) is 0 Å². The molecule has 2 aromatic carbocycles. The molecule has 100 valence electrons. The molecule has 0 aliphatic rings. The van der Waals surface area contributed by atoms with Gasteiger partial charge in [0, 0.05) is 0 Å². The van der Waals surface area contributed by atoms with Gasteiger partial charge in [0.05, 0.1) is 0 Å². The molecule has 0 aliphatic carbocycles. The molecule has 0 atom stereocenters. The van der Waals surface area contributed by atoms with Crippen LogP contribution >= 0.6 is 0 Å². The minimum absolute atomic E-state index is 0.195. The van der Waals surface area contributed by atoms with Crippen molar-refractivity contribution in [2.24, 2.45) is 0 Å². The Morgan fingerprint density at radius 1 is 0.684 bits per heavy atom. The van der Waals surface area contributed by atoms with E-state index in [9.17, 15) is 0 Å². The topological polar surface area (TPSA) is 0 Å². The number of aryl methyl sites for hydroxylation is 3. The Bertz CT molecular complexity index is 598. The zero-order chi connectivity index (χ0) is 14.2. The molecule has 0 heteroatoms. The van der Waals surface area contributed by atoms with E-state index in [0.717, 1.165) is 0 Å². The van der Waals surface area contributed by atoms with E-state index >= 15 is 0 Å². The summed E-state index contributed by atoms with van der Waals surface area (Å²) in [5.74, 6) is 0. The summed E-state index contributed by atoms with van der Waals surface area (Å²) in [5.41, 5.74) is 8.34. The van der Waals surface area contributed by atoms with Crippen LogP contribution in [0.1, 0.15) is 43.0 Å². The van der Waals surface area contributed by atoms with Crippen molar-refractivity contribution in [3.63, 3.8) is 0 Å². The smallest absolute Gasteiger partial charge is 0.0132 e. The fourth-order valence-corrected chi connectivity index (χ4v) is 2.40. The second-order valence-electron chi connectivity index (χ2n) is 6.60. The zero-order valence-corrected chi connectivity index (χ0v) is 13.0. The molecule has 0 aromatic heterocycles. The lowest BCUT2D eigenvalue weighted by molar-refractivity contribution is 0.590. The molecular weight excluding hydrogens is 228 g/mol. The summed E-state index contributed by atoms with van der Waals surface area (Å²) in [7, 11) is 0. The van der Waals surface area contributed by atoms with Gasteiger partial charge in [0.15, 0.2) is 0 Å². The molecule has 2 rings (SSSR count). The van der Waals surface area contributed by atoms with E-state index in [1.165, 1.54) is 33.4 Å². The van der Waals surface area contributed by atoms with Crippen molar-refractivity contribution >= 4 is 0 Å². The van der Waals surface area contributed by atoms with E-state index < -0.39 is 0 Å². The third-order valence-electron chi connectivity index (χ3n) is 3.79. The van der Waals surface area contributed by atoms with Crippen molar-refractivity contribution in [3.8, 4) is 11.1 Å². The van der Waals surface area contributed by atoms with Gasteiger partial charge >= 0.3 is 0 Å². The van der Waals surface area contributed by atoms with E-state index in [0.29, 0.717) is 0 Å². The Morgan fingerprint density at radius 3 is 1.79 bits per heavy atom. The second kappa shape index (κ2) is 4.85. The molecule has 0 N–H and O–H groups in total. The molecular formula is C19H24. The average Bonchev–Trinajstić information content (AvgIpc) is 2.32. The van der Waals surface area contributed by atoms with Gasteiger partial charge in [-0.3, -0.25) is 0 Å². The Morgan fingerprint density at radius 2 is 1.21 bits per heavy atom. The maximum absolute atomic E-state index is 2.36. The number of hydrogen-bond donors (Lipinski definition) is 0. The summed E-state index contributed by atoms with van der Waals surface area (Å²) in [6.07, 6.45) is 0. The predicted octanol–water partition coefficient (Wildman–Crippen LogP) is 5.58. The molecule has 0 fully saturated rings. The number of hydrogen-bond acceptors (Lipinski definition) is 0. The second-order valence-corrected chi connectivity index (χ2v) is 6.60. The molecule has 0 saturated carbocycles. The molecule has 0 spiro atoms. The molecule has 0 amide bonds. The first-order valence-corrected chi connectivity index (χ1v) is 6.98. The van der Waals surface area contributed by atoms with Gasteiger partial charge in [0.2, 0.25) is 0 Å². The lowest BCUT2D eigenvalue weighted by Gasteiger charge is -2.21. The Kier molecular flexibility index (Phi) is 3.54. The van der Waals surface area contributed by atoms with Crippen LogP contribution in [-0.2, 0) is 5.41 Å². The van der Waals surface area contributed by atoms with Gasteiger partial charge in [-0.15, -0.1) is 0 Å². The van der Waals surface area contributed by atoms with E-state index in [1.807, 2.05) is 0 Å². The van der Waals surface area contributed by atoms with Crippen molar-refractivity contribution in [3.05, 3.63) is 58.7 Å². The Hall–Kier alpha value is -1.56. The van der Waals surface area contributed by atoms with Crippen LogP contribution in [0.4, 0.5) is 0 Å². The standard InChI is InChI=1S/C19H24/c1-13-7-8-14(2)17(11-13)18-12-16(19(4,5)6)10-9-15(18)3/h7-12H,1-6H3. The molecule has 0 heterocycles. The molecule has 0 aliphatic heterocycles. The minimum atomic E-state index is 0.195. The van der Waals surface area contributed by atoms with Crippen LogP contribution in [0.2, 0.25) is 0 Å². The highest BCUT2D eigenvalue weighted by atomic mass is 14.2. The SMILES string of the molecule is Cc1ccc(C)c(-c2cc(C(C)(C)C)ccc2C)c1. The highest BCUT2D eigenvalue weighted by molar-refractivity contribution is 5.72. The van der Waals surface area contributed by atoms with E-state index in [1.54, 1.807) is 0 Å². The summed E-state index contributed by atoms with van der Waals surface area (Å²) < 4.78 is 0. The lowest BCUT2D eigenvalue weighted by Crippen LogP contribution is -2.11. The van der Waals surface area contributed by atoms with Gasteiger partial charge < -0.3 is 0 Å². The fraction of sp³-hybridized carbons (Fsp3) is 0.368. The average molecular weight is 252 g/mol. The van der Waals surface area contributed by atoms with Crippen molar-refractivity contribution < 1.29 is 0 Å². The van der Waals surface area contributed by atoms with E-state index in [4.69, 9.17) is 0 Å². The van der Waals surface area contributed by atoms with E-state index in [2.05, 4.69) is 77.9 Å². The summed E-state index contributed by atoms with van der Waals surface area (Å²) in [6, 6.07) is 13.6. The quantitative estimate of drug-likeness (QED) is 0.622. The first kappa shape index (κ1) is 13.9. The normalized spacial score (nSPS) is 11.7. The largest absolute Gasteiger partial charge is 0.0590 e. The molecule has 0 bridgehead atoms. The summed E-state index contributed by atoms with van der Waals surface area (Å²) in [6.45, 7) is 13.4. The zero-order valence-electron chi connectivity index (χ0n) is 13.0. The minimum Gasteiger partial charge on any atom is -0.0590 e. The Balaban J connectivity index is 2.64. The summed E-state index contributed by atoms with van der Waals surface area (Å²) in [5, 5.41) is 0. The van der Waals surface area contributed by atoms with Crippen LogP contribution in [0, 0.1) is 20.8 Å². The maximum Gasteiger partial charge on any atom is -0.0132 e. The molecule has 0 radical (unpaired) electrons. The molecule has 2 aromatic rings. The summed E-state index contributed by atoms with van der Waals surface area (Å²) >= 11 is 0. The van der Waals surface area contributed by atoms with Gasteiger partial charge in [-0.2, -0.15) is 0 Å². The predicted molar refractivity (Wildman–Crippen MR) is 84.8 cm³/mol. The number of rotatable bonds is 1. The van der Waals surface area contributed by atoms with Crippen molar-refractivity contribution in [1.82, 2.24) is 0 Å². The van der Waals surface area contributed by atoms with Crippen LogP contribution in [0.25, 0.3) is 11.1 Å². The van der Waals surface area contributed by atoms with Gasteiger partial charge in [0.25, 0.3) is 0 Å². The molecule has 0 nitrogen and oxygen atoms in total. The van der Waals surface area contributed by atoms with Gasteiger partial charge in [0.1, 0.15) is 0 Å². The first-order valence-electron chi connectivity index (χ1n) is 6.98. The molecule has 19 heavy (non-hydrogen) atoms. The van der Waals surface area contributed by atoms with Crippen LogP contribution in [0.15, 0.2) is 36.4 Å². The van der Waals surface area contributed by atoms with Crippen molar-refractivity contribution in [1.29, 1.82) is 0 Å². The maximum atomic E-state index is 2.36. The third-order valence-corrected chi connectivity index (χ3v) is 3.79. The first-order chi connectivity index (χ1) is 8.79. The third kappa shape index (κ3) is 2.89. The van der Waals surface area contributed by atoms with Crippen LogP contribution in [0.3, 0.4) is 0 Å². The number of benzene rings is 2. The molecule has 0 saturated heterocycles. The fourth-order valence-electron chi connectivity index (χ4n) is 2.40. The highest BCUT2D eigenvalue weighted by Crippen LogP contribution is 2.32. The lowest BCUT2D eigenvalue weighted by atomic mass is 9.83. The monoisotopic (exact) mass is 252 g/mol. The van der Waals surface area contributed by atoms with Crippen molar-refractivity contribution in [2.75, 3.05) is 0 Å². The van der Waals surface area contributed by atoms with Crippen LogP contribution in [-0.4, -0.2) is 0 Å². The highest BCUT2D eigenvalue weighted by Gasteiger charge is 2.15. The summed E-state index contributed by atoms with van der Waals surface area (Å²) in [4.78, 5) is 0. The Labute approximate surface area is 117 Å². The van der Waals surface area contributed by atoms with Gasteiger partial charge in [-0.05, 0) is 54.0 Å². The van der Waals surface area contributed by atoms with E-state index in [-0.39, 0.29) is 5.41 Å². The van der Waals surface area contributed by atoms with Crippen LogP contribution < -0.4 is 0 Å². The van der Waals surface area contributed by atoms with Gasteiger partial charge in [-0.1, -0.05) is 62.7 Å².